The number of benzene rings is 1. The number of thiocarbonyl (C=S) groups is 1. The number of methoxy groups -OCH3 is 2. The zero-order valence-corrected chi connectivity index (χ0v) is 13.7. The van der Waals surface area contributed by atoms with Gasteiger partial charge in [0.1, 0.15) is 5.56 Å². The molecule has 0 atom stereocenters. The van der Waals surface area contributed by atoms with Gasteiger partial charge in [-0.2, -0.15) is 0 Å². The molecule has 1 N–H and O–H groups in total. The van der Waals surface area contributed by atoms with E-state index >= 15 is 0 Å². The number of hydrogen-bond donors (Lipinski definition) is 1. The average molecular weight is 350 g/mol. The van der Waals surface area contributed by atoms with E-state index in [2.05, 4.69) is 14.8 Å². The van der Waals surface area contributed by atoms with Gasteiger partial charge in [0.05, 0.1) is 36.3 Å². The molecule has 0 fully saturated rings. The molecule has 0 aromatic heterocycles. The number of rotatable bonds is 5. The number of esters is 2. The fraction of sp³-hybridized carbons (Fsp3) is 0.308. The van der Waals surface area contributed by atoms with Crippen LogP contribution in [0.25, 0.3) is 0 Å². The highest BCUT2D eigenvalue weighted by atomic mass is 35.5. The van der Waals surface area contributed by atoms with Crippen LogP contribution in [0.2, 0.25) is 10.0 Å². The molecule has 0 unspecified atom stereocenters. The summed E-state index contributed by atoms with van der Waals surface area (Å²) in [5, 5.41) is 3.33. The Labute approximate surface area is 137 Å². The minimum absolute atomic E-state index is 0.129. The van der Waals surface area contributed by atoms with E-state index in [0.717, 1.165) is 0 Å². The number of carbonyl (C=O) groups excluding carboxylic acids is 2. The lowest BCUT2D eigenvalue weighted by Gasteiger charge is -2.13. The Morgan fingerprint density at radius 1 is 1.19 bits per heavy atom. The summed E-state index contributed by atoms with van der Waals surface area (Å²) in [6, 6.07) is 2.93. The van der Waals surface area contributed by atoms with Crippen LogP contribution in [0.3, 0.4) is 0 Å². The van der Waals surface area contributed by atoms with Crippen LogP contribution in [-0.4, -0.2) is 31.1 Å². The summed E-state index contributed by atoms with van der Waals surface area (Å²) in [4.78, 5) is 23.2. The smallest absolute Gasteiger partial charge is 0.341 e. The van der Waals surface area contributed by atoms with Gasteiger partial charge in [0.15, 0.2) is 0 Å². The zero-order valence-electron chi connectivity index (χ0n) is 11.4. The van der Waals surface area contributed by atoms with Gasteiger partial charge in [-0.15, -0.1) is 0 Å². The van der Waals surface area contributed by atoms with Crippen molar-refractivity contribution in [1.82, 2.24) is 0 Å². The molecule has 1 aromatic carbocycles. The van der Waals surface area contributed by atoms with Crippen molar-refractivity contribution >= 4 is 58.0 Å². The molecule has 1 aromatic rings. The van der Waals surface area contributed by atoms with Crippen molar-refractivity contribution in [3.63, 3.8) is 0 Å². The van der Waals surface area contributed by atoms with Crippen molar-refractivity contribution in [3.05, 3.63) is 27.7 Å². The van der Waals surface area contributed by atoms with Crippen LogP contribution in [0.4, 0.5) is 5.69 Å². The lowest BCUT2D eigenvalue weighted by Crippen LogP contribution is -2.15. The van der Waals surface area contributed by atoms with Crippen LogP contribution in [0.5, 0.6) is 0 Å². The summed E-state index contributed by atoms with van der Waals surface area (Å²) in [7, 11) is 2.54. The third-order valence-corrected chi connectivity index (χ3v) is 3.32. The maximum Gasteiger partial charge on any atom is 0.341 e. The van der Waals surface area contributed by atoms with Crippen LogP contribution in [0.1, 0.15) is 23.2 Å². The highest BCUT2D eigenvalue weighted by Crippen LogP contribution is 2.30. The van der Waals surface area contributed by atoms with Crippen LogP contribution >= 0.6 is 35.4 Å². The molecule has 21 heavy (non-hydrogen) atoms. The summed E-state index contributed by atoms with van der Waals surface area (Å²) in [6.45, 7) is 0. The number of nitrogens with one attached hydrogen (secondary N) is 1. The summed E-state index contributed by atoms with van der Waals surface area (Å²) in [5.74, 6) is -0.994. The Morgan fingerprint density at radius 3 is 2.43 bits per heavy atom. The number of ether oxygens (including phenoxy) is 2. The van der Waals surface area contributed by atoms with Crippen LogP contribution in [0.15, 0.2) is 12.1 Å². The highest BCUT2D eigenvalue weighted by molar-refractivity contribution is 7.80. The van der Waals surface area contributed by atoms with Crippen molar-refractivity contribution in [3.8, 4) is 0 Å². The first kappa shape index (κ1) is 17.7. The second-order valence-electron chi connectivity index (χ2n) is 3.93. The Kier molecular flexibility index (Phi) is 6.87. The molecule has 114 valence electrons. The van der Waals surface area contributed by atoms with Gasteiger partial charge in [0.25, 0.3) is 0 Å². The second-order valence-corrected chi connectivity index (χ2v) is 5.26. The molecule has 8 heteroatoms. The van der Waals surface area contributed by atoms with Gasteiger partial charge in [0, 0.05) is 11.4 Å². The van der Waals surface area contributed by atoms with Gasteiger partial charge >= 0.3 is 11.9 Å². The standard InChI is InChI=1S/C13H13Cl2NO4S/c1-19-11(17)4-3-10(21)16-9-6-7(14)5-8(15)12(9)13(18)20-2/h5-6H,3-4H2,1-2H3,(H,16,21). The molecule has 0 bridgehead atoms. The van der Waals surface area contributed by atoms with Gasteiger partial charge in [-0.25, -0.2) is 4.79 Å². The molecule has 0 aliphatic carbocycles. The normalized spacial score (nSPS) is 9.90. The molecular formula is C13H13Cl2NO4S. The minimum Gasteiger partial charge on any atom is -0.469 e. The quantitative estimate of drug-likeness (QED) is 0.648. The summed E-state index contributed by atoms with van der Waals surface area (Å²) in [6.07, 6.45) is 0.400. The summed E-state index contributed by atoms with van der Waals surface area (Å²) < 4.78 is 9.20. The molecule has 0 saturated carbocycles. The first-order chi connectivity index (χ1) is 9.88. The Balaban J connectivity index is 2.94. The van der Waals surface area contributed by atoms with E-state index in [1.165, 1.54) is 26.4 Å². The fourth-order valence-corrected chi connectivity index (χ4v) is 2.29. The van der Waals surface area contributed by atoms with Crippen molar-refractivity contribution in [2.45, 2.75) is 12.8 Å². The Bertz CT molecular complexity index is 578. The highest BCUT2D eigenvalue weighted by Gasteiger charge is 2.18. The predicted molar refractivity (Wildman–Crippen MR) is 85.3 cm³/mol. The van der Waals surface area contributed by atoms with E-state index in [1.807, 2.05) is 0 Å². The Morgan fingerprint density at radius 2 is 1.86 bits per heavy atom. The van der Waals surface area contributed by atoms with Gasteiger partial charge in [-0.1, -0.05) is 35.4 Å². The monoisotopic (exact) mass is 349 g/mol. The lowest BCUT2D eigenvalue weighted by molar-refractivity contribution is -0.140. The number of halogens is 2. The van der Waals surface area contributed by atoms with Crippen LogP contribution < -0.4 is 5.32 Å². The molecular weight excluding hydrogens is 337 g/mol. The van der Waals surface area contributed by atoms with Crippen molar-refractivity contribution in [1.29, 1.82) is 0 Å². The minimum atomic E-state index is -0.616. The van der Waals surface area contributed by atoms with E-state index in [-0.39, 0.29) is 29.4 Å². The van der Waals surface area contributed by atoms with Crippen molar-refractivity contribution < 1.29 is 19.1 Å². The lowest BCUT2D eigenvalue weighted by atomic mass is 10.1. The van der Waals surface area contributed by atoms with E-state index in [9.17, 15) is 9.59 Å². The summed E-state index contributed by atoms with van der Waals surface area (Å²) in [5.41, 5.74) is 0.457. The van der Waals surface area contributed by atoms with E-state index in [0.29, 0.717) is 15.7 Å². The molecule has 5 nitrogen and oxygen atoms in total. The molecule has 0 spiro atoms. The molecule has 0 aliphatic rings. The maximum absolute atomic E-state index is 11.8. The van der Waals surface area contributed by atoms with Crippen LogP contribution in [0, 0.1) is 0 Å². The average Bonchev–Trinajstić information content (AvgIpc) is 2.43. The number of anilines is 1. The Hall–Kier alpha value is -1.37. The van der Waals surface area contributed by atoms with Crippen molar-refractivity contribution in [2.24, 2.45) is 0 Å². The second kappa shape index (κ2) is 8.17. The predicted octanol–water partition coefficient (Wildman–Crippen LogP) is 3.47. The zero-order chi connectivity index (χ0) is 16.0. The van der Waals surface area contributed by atoms with E-state index in [4.69, 9.17) is 35.4 Å². The molecule has 0 aliphatic heterocycles. The fourth-order valence-electron chi connectivity index (χ4n) is 1.51. The van der Waals surface area contributed by atoms with Gasteiger partial charge in [-0.05, 0) is 12.1 Å². The topological polar surface area (TPSA) is 64.6 Å². The third kappa shape index (κ3) is 5.15. The third-order valence-electron chi connectivity index (χ3n) is 2.50. The van der Waals surface area contributed by atoms with Crippen LogP contribution in [-0.2, 0) is 14.3 Å². The first-order valence-corrected chi connectivity index (χ1v) is 6.99. The SMILES string of the molecule is COC(=O)CCC(=S)Nc1cc(Cl)cc(Cl)c1C(=O)OC. The number of carbonyl (C=O) groups is 2. The number of hydrogen-bond acceptors (Lipinski definition) is 5. The molecule has 0 amide bonds. The van der Waals surface area contributed by atoms with E-state index < -0.39 is 5.97 Å². The largest absolute Gasteiger partial charge is 0.469 e. The molecule has 0 heterocycles. The maximum atomic E-state index is 11.8. The molecule has 0 radical (unpaired) electrons. The molecule has 0 saturated heterocycles. The van der Waals surface area contributed by atoms with Gasteiger partial charge in [0.2, 0.25) is 0 Å². The summed E-state index contributed by atoms with van der Waals surface area (Å²) >= 11 is 17.0. The first-order valence-electron chi connectivity index (χ1n) is 5.83. The van der Waals surface area contributed by atoms with E-state index in [1.54, 1.807) is 0 Å². The van der Waals surface area contributed by atoms with Gasteiger partial charge in [-0.3, -0.25) is 4.79 Å². The van der Waals surface area contributed by atoms with Gasteiger partial charge < -0.3 is 14.8 Å². The van der Waals surface area contributed by atoms with Crippen molar-refractivity contribution in [2.75, 3.05) is 19.5 Å². The molecule has 1 rings (SSSR count).